The zero-order valence-corrected chi connectivity index (χ0v) is 17.4. The van der Waals surface area contributed by atoms with Gasteiger partial charge < -0.3 is 5.21 Å². The molecule has 0 fully saturated rings. The lowest BCUT2D eigenvalue weighted by atomic mass is 10.1. The summed E-state index contributed by atoms with van der Waals surface area (Å²) in [5, 5.41) is 10.8. The Morgan fingerprint density at radius 2 is 1.44 bits per heavy atom. The van der Waals surface area contributed by atoms with Crippen LogP contribution in [0.15, 0.2) is 28.0 Å². The summed E-state index contributed by atoms with van der Waals surface area (Å²) >= 11 is 0. The largest absolute Gasteiger partial charge is 0.623 e. The van der Waals surface area contributed by atoms with Crippen LogP contribution in [0.2, 0.25) is 0 Å². The van der Waals surface area contributed by atoms with Crippen LogP contribution in [0.1, 0.15) is 54.0 Å². The van der Waals surface area contributed by atoms with Crippen LogP contribution >= 0.6 is 0 Å². The third kappa shape index (κ3) is 4.61. The Morgan fingerprint density at radius 1 is 0.960 bits per heavy atom. The number of nitrogens with zero attached hydrogens (tertiary/aromatic N) is 1. The standard InChI is InChI=1S/C17H27NO5S2/c1-12(2)24(20,21)15-9-8-14(11-18(19)17(5,6)7)16(10-15)25(22,23)13(3)4/h8-13H,1-7H3/b18-11-. The van der Waals surface area contributed by atoms with E-state index in [4.69, 9.17) is 0 Å². The maximum absolute atomic E-state index is 12.7. The molecule has 25 heavy (non-hydrogen) atoms. The summed E-state index contributed by atoms with van der Waals surface area (Å²) in [5.41, 5.74) is -0.567. The molecule has 0 aliphatic rings. The van der Waals surface area contributed by atoms with Gasteiger partial charge in [0.2, 0.25) is 0 Å². The van der Waals surface area contributed by atoms with E-state index in [0.717, 1.165) is 6.07 Å². The first kappa shape index (κ1) is 21.6. The minimum absolute atomic E-state index is 0.0629. The first-order chi connectivity index (χ1) is 11.1. The summed E-state index contributed by atoms with van der Waals surface area (Å²) in [4.78, 5) is -0.207. The number of hydrogen-bond acceptors (Lipinski definition) is 5. The lowest BCUT2D eigenvalue weighted by molar-refractivity contribution is -0.530. The summed E-state index contributed by atoms with van der Waals surface area (Å²) < 4.78 is 50.9. The molecule has 0 atom stereocenters. The van der Waals surface area contributed by atoms with E-state index >= 15 is 0 Å². The van der Waals surface area contributed by atoms with Crippen molar-refractivity contribution in [2.45, 2.75) is 74.3 Å². The van der Waals surface area contributed by atoms with Crippen molar-refractivity contribution in [2.24, 2.45) is 0 Å². The van der Waals surface area contributed by atoms with E-state index in [9.17, 15) is 22.0 Å². The van der Waals surface area contributed by atoms with Gasteiger partial charge in [-0.3, -0.25) is 0 Å². The fraction of sp³-hybridized carbons (Fsp3) is 0.588. The van der Waals surface area contributed by atoms with E-state index in [0.29, 0.717) is 4.74 Å². The third-order valence-corrected chi connectivity index (χ3v) is 8.14. The molecule has 1 aromatic carbocycles. The molecule has 0 saturated carbocycles. The van der Waals surface area contributed by atoms with Gasteiger partial charge in [-0.05, 0) is 45.9 Å². The van der Waals surface area contributed by atoms with Crippen molar-refractivity contribution >= 4 is 25.9 Å². The van der Waals surface area contributed by atoms with E-state index in [1.54, 1.807) is 20.8 Å². The molecule has 0 radical (unpaired) electrons. The molecule has 0 N–H and O–H groups in total. The highest BCUT2D eigenvalue weighted by atomic mass is 32.2. The van der Waals surface area contributed by atoms with Crippen LogP contribution in [0.25, 0.3) is 0 Å². The monoisotopic (exact) mass is 389 g/mol. The third-order valence-electron chi connectivity index (χ3n) is 3.78. The van der Waals surface area contributed by atoms with Crippen molar-refractivity contribution in [1.29, 1.82) is 0 Å². The molecule has 0 aromatic heterocycles. The summed E-state index contributed by atoms with van der Waals surface area (Å²) in [5.74, 6) is 0. The first-order valence-corrected chi connectivity index (χ1v) is 11.1. The fourth-order valence-corrected chi connectivity index (χ4v) is 4.30. The molecule has 0 saturated heterocycles. The molecular formula is C17H27NO5S2. The van der Waals surface area contributed by atoms with E-state index in [2.05, 4.69) is 0 Å². The van der Waals surface area contributed by atoms with Crippen molar-refractivity contribution in [3.05, 3.63) is 29.0 Å². The smallest absolute Gasteiger partial charge is 0.183 e. The van der Waals surface area contributed by atoms with Gasteiger partial charge in [-0.15, -0.1) is 0 Å². The zero-order valence-electron chi connectivity index (χ0n) is 15.8. The number of sulfone groups is 2. The van der Waals surface area contributed by atoms with Gasteiger partial charge in [0, 0.05) is 20.8 Å². The van der Waals surface area contributed by atoms with Crippen LogP contribution in [0.4, 0.5) is 0 Å². The summed E-state index contributed by atoms with van der Waals surface area (Å²) in [6.45, 7) is 11.2. The van der Waals surface area contributed by atoms with E-state index in [1.165, 1.54) is 46.0 Å². The van der Waals surface area contributed by atoms with Gasteiger partial charge in [0.15, 0.2) is 31.4 Å². The van der Waals surface area contributed by atoms with Crippen LogP contribution in [0.3, 0.4) is 0 Å². The normalized spacial score (nSPS) is 14.4. The lowest BCUT2D eigenvalue weighted by Gasteiger charge is -2.20. The van der Waals surface area contributed by atoms with Crippen LogP contribution < -0.4 is 0 Å². The maximum atomic E-state index is 12.7. The van der Waals surface area contributed by atoms with Gasteiger partial charge in [-0.2, -0.15) is 0 Å². The predicted octanol–water partition coefficient (Wildman–Crippen LogP) is 2.78. The van der Waals surface area contributed by atoms with Crippen LogP contribution in [-0.4, -0.2) is 43.8 Å². The van der Waals surface area contributed by atoms with Gasteiger partial charge in [0.05, 0.1) is 25.9 Å². The molecule has 0 unspecified atom stereocenters. The Labute approximate surface area is 151 Å². The average Bonchev–Trinajstić information content (AvgIpc) is 2.45. The summed E-state index contributed by atoms with van der Waals surface area (Å²) in [7, 11) is -7.40. The zero-order chi connectivity index (χ0) is 19.8. The van der Waals surface area contributed by atoms with E-state index < -0.39 is 35.7 Å². The van der Waals surface area contributed by atoms with Crippen molar-refractivity contribution in [3.63, 3.8) is 0 Å². The minimum Gasteiger partial charge on any atom is -0.623 e. The Hall–Kier alpha value is -1.41. The van der Waals surface area contributed by atoms with Gasteiger partial charge in [-0.1, -0.05) is 0 Å². The summed E-state index contributed by atoms with van der Waals surface area (Å²) in [6, 6.07) is 3.88. The molecule has 0 aliphatic heterocycles. The molecule has 0 amide bonds. The van der Waals surface area contributed by atoms with Gasteiger partial charge in [-0.25, -0.2) is 21.6 Å². The van der Waals surface area contributed by atoms with Crippen LogP contribution in [0.5, 0.6) is 0 Å². The summed E-state index contributed by atoms with van der Waals surface area (Å²) in [6.07, 6.45) is 1.20. The van der Waals surface area contributed by atoms with Gasteiger partial charge >= 0.3 is 0 Å². The predicted molar refractivity (Wildman–Crippen MR) is 99.6 cm³/mol. The lowest BCUT2D eigenvalue weighted by Crippen LogP contribution is -2.30. The van der Waals surface area contributed by atoms with E-state index in [-0.39, 0.29) is 15.4 Å². The number of rotatable bonds is 5. The van der Waals surface area contributed by atoms with E-state index in [1.807, 2.05) is 0 Å². The maximum Gasteiger partial charge on any atom is 0.183 e. The quantitative estimate of drug-likeness (QED) is 0.334. The van der Waals surface area contributed by atoms with Gasteiger partial charge in [0.25, 0.3) is 0 Å². The van der Waals surface area contributed by atoms with Crippen molar-refractivity contribution in [1.82, 2.24) is 0 Å². The second-order valence-corrected chi connectivity index (χ2v) is 12.5. The topological polar surface area (TPSA) is 94.3 Å². The van der Waals surface area contributed by atoms with Crippen LogP contribution in [0, 0.1) is 5.21 Å². The Balaban J connectivity index is 3.78. The average molecular weight is 390 g/mol. The second kappa shape index (κ2) is 7.07. The SMILES string of the molecule is CC(C)S(=O)(=O)c1ccc(/C=[N+](\[O-])C(C)(C)C)c(S(=O)(=O)C(C)C)c1. The molecule has 142 valence electrons. The molecule has 8 heteroatoms. The van der Waals surface area contributed by atoms with Crippen molar-refractivity contribution < 1.29 is 21.6 Å². The molecule has 0 aliphatic carbocycles. The Kier molecular flexibility index (Phi) is 6.12. The highest BCUT2D eigenvalue weighted by Gasteiger charge is 2.28. The molecule has 1 aromatic rings. The molecule has 1 rings (SSSR count). The number of hydrogen-bond donors (Lipinski definition) is 0. The first-order valence-electron chi connectivity index (χ1n) is 8.05. The molecule has 0 heterocycles. The van der Waals surface area contributed by atoms with Gasteiger partial charge in [0.1, 0.15) is 0 Å². The number of hydroxylamine groups is 1. The van der Waals surface area contributed by atoms with Crippen molar-refractivity contribution in [3.8, 4) is 0 Å². The highest BCUT2D eigenvalue weighted by Crippen LogP contribution is 2.26. The molecule has 0 bridgehead atoms. The highest BCUT2D eigenvalue weighted by molar-refractivity contribution is 7.92. The van der Waals surface area contributed by atoms with Crippen LogP contribution in [-0.2, 0) is 19.7 Å². The molecule has 6 nitrogen and oxygen atoms in total. The Morgan fingerprint density at radius 3 is 1.84 bits per heavy atom. The fourth-order valence-electron chi connectivity index (χ4n) is 1.89. The molecular weight excluding hydrogens is 362 g/mol. The Bertz CT molecular complexity index is 874. The minimum atomic E-state index is -3.77. The second-order valence-electron chi connectivity index (χ2n) is 7.51. The number of benzene rings is 1. The molecule has 0 spiro atoms. The van der Waals surface area contributed by atoms with Crippen molar-refractivity contribution in [2.75, 3.05) is 0 Å².